The molecule has 0 saturated carbocycles. The van der Waals surface area contributed by atoms with Gasteiger partial charge in [-0.3, -0.25) is 19.6 Å². The van der Waals surface area contributed by atoms with E-state index in [0.29, 0.717) is 0 Å². The Kier molecular flexibility index (Phi) is 5.71. The Morgan fingerprint density at radius 3 is 2.32 bits per heavy atom. The molecule has 4 fully saturated rings. The van der Waals surface area contributed by atoms with Gasteiger partial charge in [-0.25, -0.2) is 0 Å². The first-order valence-electron chi connectivity index (χ1n) is 11.1. The van der Waals surface area contributed by atoms with Crippen molar-refractivity contribution in [3.8, 4) is 0 Å². The summed E-state index contributed by atoms with van der Waals surface area (Å²) >= 11 is 0. The lowest BCUT2D eigenvalue weighted by atomic mass is 9.98. The van der Waals surface area contributed by atoms with Crippen molar-refractivity contribution in [2.24, 2.45) is 5.92 Å². The predicted octanol–water partition coefficient (Wildman–Crippen LogP) is 2.35. The molecule has 4 heterocycles. The van der Waals surface area contributed by atoms with Gasteiger partial charge in [0, 0.05) is 63.4 Å². The number of piperazine rings is 1. The zero-order valence-corrected chi connectivity index (χ0v) is 16.9. The second-order valence-electron chi connectivity index (χ2n) is 9.59. The van der Waals surface area contributed by atoms with Crippen molar-refractivity contribution in [1.29, 1.82) is 0 Å². The summed E-state index contributed by atoms with van der Waals surface area (Å²) in [5.74, 6) is 0.935. The standard InChI is InChI=1S/C21H40N4/c1-17(2)23-10-7-21(15-23)25-9-6-19(14-25)13-18(3)24-12-11-22-8-4-5-20(22)16-24/h17-21H,4-16H2,1-3H3/t18-,19?,20-,21-/m0/s1. The van der Waals surface area contributed by atoms with Gasteiger partial charge < -0.3 is 0 Å². The molecule has 0 amide bonds. The van der Waals surface area contributed by atoms with E-state index in [4.69, 9.17) is 0 Å². The van der Waals surface area contributed by atoms with Crippen LogP contribution in [-0.2, 0) is 0 Å². The van der Waals surface area contributed by atoms with E-state index in [9.17, 15) is 0 Å². The van der Waals surface area contributed by atoms with E-state index in [2.05, 4.69) is 40.4 Å². The van der Waals surface area contributed by atoms with Crippen LogP contribution in [0.2, 0.25) is 0 Å². The maximum absolute atomic E-state index is 2.83. The van der Waals surface area contributed by atoms with Crippen LogP contribution in [0, 0.1) is 5.92 Å². The number of fused-ring (bicyclic) bond motifs is 1. The lowest BCUT2D eigenvalue weighted by Crippen LogP contribution is -2.53. The monoisotopic (exact) mass is 348 g/mol. The lowest BCUT2D eigenvalue weighted by molar-refractivity contribution is 0.0682. The summed E-state index contributed by atoms with van der Waals surface area (Å²) in [5.41, 5.74) is 0. The molecule has 4 nitrogen and oxygen atoms in total. The van der Waals surface area contributed by atoms with Crippen LogP contribution in [0.3, 0.4) is 0 Å². The molecule has 4 heteroatoms. The highest BCUT2D eigenvalue weighted by atomic mass is 15.3. The van der Waals surface area contributed by atoms with Gasteiger partial charge in [-0.05, 0) is 71.9 Å². The second kappa shape index (κ2) is 7.84. The van der Waals surface area contributed by atoms with Crippen LogP contribution in [0.1, 0.15) is 52.9 Å². The van der Waals surface area contributed by atoms with E-state index in [1.165, 1.54) is 84.5 Å². The van der Waals surface area contributed by atoms with Gasteiger partial charge in [-0.15, -0.1) is 0 Å². The topological polar surface area (TPSA) is 13.0 Å². The normalized spacial score (nSPS) is 37.2. The van der Waals surface area contributed by atoms with E-state index in [1.807, 2.05) is 0 Å². The van der Waals surface area contributed by atoms with Gasteiger partial charge in [0.1, 0.15) is 0 Å². The highest BCUT2D eigenvalue weighted by Crippen LogP contribution is 2.29. The lowest BCUT2D eigenvalue weighted by Gasteiger charge is -2.41. The molecule has 1 unspecified atom stereocenters. The predicted molar refractivity (Wildman–Crippen MR) is 105 cm³/mol. The average Bonchev–Trinajstić information content (AvgIpc) is 3.33. The quantitative estimate of drug-likeness (QED) is 0.756. The third-order valence-electron chi connectivity index (χ3n) is 7.68. The van der Waals surface area contributed by atoms with Gasteiger partial charge in [0.15, 0.2) is 0 Å². The van der Waals surface area contributed by atoms with Gasteiger partial charge >= 0.3 is 0 Å². The number of likely N-dealkylation sites (tertiary alicyclic amines) is 2. The Morgan fingerprint density at radius 2 is 1.52 bits per heavy atom. The third-order valence-corrected chi connectivity index (χ3v) is 7.68. The van der Waals surface area contributed by atoms with Gasteiger partial charge in [0.25, 0.3) is 0 Å². The van der Waals surface area contributed by atoms with Crippen LogP contribution in [0.25, 0.3) is 0 Å². The molecule has 4 atom stereocenters. The van der Waals surface area contributed by atoms with E-state index in [-0.39, 0.29) is 0 Å². The Balaban J connectivity index is 1.23. The molecule has 0 aromatic heterocycles. The van der Waals surface area contributed by atoms with Crippen LogP contribution >= 0.6 is 0 Å². The number of rotatable bonds is 5. The van der Waals surface area contributed by atoms with Crippen molar-refractivity contribution >= 4 is 0 Å². The van der Waals surface area contributed by atoms with E-state index in [1.54, 1.807) is 0 Å². The molecule has 0 aliphatic carbocycles. The van der Waals surface area contributed by atoms with Crippen molar-refractivity contribution in [2.75, 3.05) is 52.4 Å². The van der Waals surface area contributed by atoms with Gasteiger partial charge in [0.2, 0.25) is 0 Å². The maximum Gasteiger partial charge on any atom is 0.0235 e. The highest BCUT2D eigenvalue weighted by molar-refractivity contribution is 4.92. The first-order valence-corrected chi connectivity index (χ1v) is 11.1. The molecule has 0 spiro atoms. The molecule has 25 heavy (non-hydrogen) atoms. The van der Waals surface area contributed by atoms with Crippen LogP contribution < -0.4 is 0 Å². The summed E-state index contributed by atoms with van der Waals surface area (Å²) in [6.45, 7) is 17.9. The van der Waals surface area contributed by atoms with Gasteiger partial charge in [-0.1, -0.05) is 0 Å². The minimum Gasteiger partial charge on any atom is -0.299 e. The summed E-state index contributed by atoms with van der Waals surface area (Å²) in [7, 11) is 0. The van der Waals surface area contributed by atoms with Gasteiger partial charge in [-0.2, -0.15) is 0 Å². The molecule has 0 aromatic rings. The fourth-order valence-corrected chi connectivity index (χ4v) is 5.97. The van der Waals surface area contributed by atoms with Crippen molar-refractivity contribution < 1.29 is 0 Å². The third kappa shape index (κ3) is 4.07. The highest BCUT2D eigenvalue weighted by Gasteiger charge is 2.36. The summed E-state index contributed by atoms with van der Waals surface area (Å²) in [6.07, 6.45) is 7.12. The molecule has 4 aliphatic heterocycles. The molecule has 0 bridgehead atoms. The molecule has 144 valence electrons. The summed E-state index contributed by atoms with van der Waals surface area (Å²) < 4.78 is 0. The van der Waals surface area contributed by atoms with E-state index < -0.39 is 0 Å². The second-order valence-corrected chi connectivity index (χ2v) is 9.59. The Hall–Kier alpha value is -0.160. The fourth-order valence-electron chi connectivity index (χ4n) is 5.97. The van der Waals surface area contributed by atoms with Crippen LogP contribution in [0.15, 0.2) is 0 Å². The SMILES string of the molecule is CC(C)N1CC[C@H](N2CCC(C[C@H](C)N3CCN4CCC[C@H]4C3)C2)C1. The Bertz CT molecular complexity index is 440. The minimum atomic E-state index is 0.720. The molecule has 4 saturated heterocycles. The molecule has 4 rings (SSSR count). The minimum absolute atomic E-state index is 0.720. The molecule has 0 aromatic carbocycles. The van der Waals surface area contributed by atoms with Gasteiger partial charge in [0.05, 0.1) is 0 Å². The Morgan fingerprint density at radius 1 is 0.720 bits per heavy atom. The Labute approximate surface area is 155 Å². The summed E-state index contributed by atoms with van der Waals surface area (Å²) in [6, 6.07) is 3.21. The molecular formula is C21H40N4. The molecule has 0 N–H and O–H groups in total. The number of nitrogens with zero attached hydrogens (tertiary/aromatic N) is 4. The molecule has 0 radical (unpaired) electrons. The maximum atomic E-state index is 2.83. The summed E-state index contributed by atoms with van der Waals surface area (Å²) in [5, 5.41) is 0. The summed E-state index contributed by atoms with van der Waals surface area (Å²) in [4.78, 5) is 11.0. The average molecular weight is 349 g/mol. The number of hydrogen-bond acceptors (Lipinski definition) is 4. The zero-order valence-electron chi connectivity index (χ0n) is 16.9. The van der Waals surface area contributed by atoms with Crippen LogP contribution in [0.4, 0.5) is 0 Å². The van der Waals surface area contributed by atoms with Crippen molar-refractivity contribution in [3.63, 3.8) is 0 Å². The van der Waals surface area contributed by atoms with Crippen LogP contribution in [0.5, 0.6) is 0 Å². The van der Waals surface area contributed by atoms with E-state index in [0.717, 1.165) is 30.1 Å². The van der Waals surface area contributed by atoms with Crippen molar-refractivity contribution in [3.05, 3.63) is 0 Å². The van der Waals surface area contributed by atoms with E-state index >= 15 is 0 Å². The largest absolute Gasteiger partial charge is 0.299 e. The smallest absolute Gasteiger partial charge is 0.0235 e. The van der Waals surface area contributed by atoms with Crippen molar-refractivity contribution in [1.82, 2.24) is 19.6 Å². The number of hydrogen-bond donors (Lipinski definition) is 0. The zero-order chi connectivity index (χ0) is 17.4. The first kappa shape index (κ1) is 18.2. The first-order chi connectivity index (χ1) is 12.1. The molecular weight excluding hydrogens is 308 g/mol. The fraction of sp³-hybridized carbons (Fsp3) is 1.00. The van der Waals surface area contributed by atoms with Crippen LogP contribution in [-0.4, -0.2) is 96.1 Å². The molecule has 4 aliphatic rings. The van der Waals surface area contributed by atoms with Crippen molar-refractivity contribution in [2.45, 2.75) is 77.0 Å².